The first-order valence-electron chi connectivity index (χ1n) is 7.80. The van der Waals surface area contributed by atoms with Gasteiger partial charge < -0.3 is 14.4 Å². The van der Waals surface area contributed by atoms with Gasteiger partial charge in [0.2, 0.25) is 0 Å². The maximum Gasteiger partial charge on any atom is 0.257 e. The molecule has 1 aliphatic heterocycles. The number of methoxy groups -OCH3 is 2. The molecular weight excluding hydrogens is 302 g/mol. The molecule has 122 valence electrons. The van der Waals surface area contributed by atoms with Gasteiger partial charge in [-0.25, -0.2) is 0 Å². The summed E-state index contributed by atoms with van der Waals surface area (Å²) < 4.78 is 10.4. The summed E-state index contributed by atoms with van der Waals surface area (Å²) in [4.78, 5) is 14.9. The number of piperidine rings is 1. The van der Waals surface area contributed by atoms with Gasteiger partial charge in [-0.15, -0.1) is 0 Å². The van der Waals surface area contributed by atoms with E-state index in [-0.39, 0.29) is 11.9 Å². The highest BCUT2D eigenvalue weighted by atomic mass is 35.5. The number of nitrogens with zero attached hydrogens (tertiary/aromatic N) is 1. The molecular formula is C17H24ClNO3. The van der Waals surface area contributed by atoms with Gasteiger partial charge in [0.1, 0.15) is 5.75 Å². The number of likely N-dealkylation sites (tertiary alicyclic amines) is 1. The molecule has 5 heteroatoms. The van der Waals surface area contributed by atoms with Crippen molar-refractivity contribution in [3.8, 4) is 5.75 Å². The number of hydrogen-bond acceptors (Lipinski definition) is 3. The van der Waals surface area contributed by atoms with Gasteiger partial charge in [0, 0.05) is 31.3 Å². The Hall–Kier alpha value is -1.26. The standard InChI is InChI=1S/C17H24ClNO3/c1-21-11-5-7-14-6-3-4-10-19(14)17(20)15-9-8-13(18)12-16(15)22-2/h8-9,12,14H,3-7,10-11H2,1-2H3. The van der Waals surface area contributed by atoms with Crippen LogP contribution in [-0.2, 0) is 4.74 Å². The van der Waals surface area contributed by atoms with E-state index in [9.17, 15) is 4.79 Å². The van der Waals surface area contributed by atoms with Gasteiger partial charge in [-0.1, -0.05) is 11.6 Å². The predicted octanol–water partition coefficient (Wildman–Crippen LogP) is 3.77. The van der Waals surface area contributed by atoms with Crippen LogP contribution < -0.4 is 4.74 Å². The van der Waals surface area contributed by atoms with Crippen molar-refractivity contribution in [2.45, 2.75) is 38.1 Å². The van der Waals surface area contributed by atoms with Crippen molar-refractivity contribution in [3.05, 3.63) is 28.8 Å². The van der Waals surface area contributed by atoms with E-state index in [0.717, 1.165) is 38.8 Å². The molecule has 0 radical (unpaired) electrons. The van der Waals surface area contributed by atoms with Crippen LogP contribution in [0.1, 0.15) is 42.5 Å². The number of hydrogen-bond donors (Lipinski definition) is 0. The summed E-state index contributed by atoms with van der Waals surface area (Å²) in [6.07, 6.45) is 5.26. The summed E-state index contributed by atoms with van der Waals surface area (Å²) in [5.41, 5.74) is 0.588. The zero-order chi connectivity index (χ0) is 15.9. The largest absolute Gasteiger partial charge is 0.496 e. The summed E-state index contributed by atoms with van der Waals surface area (Å²) in [5, 5.41) is 0.573. The maximum atomic E-state index is 12.9. The highest BCUT2D eigenvalue weighted by molar-refractivity contribution is 6.30. The van der Waals surface area contributed by atoms with Crippen molar-refractivity contribution in [1.29, 1.82) is 0 Å². The number of rotatable bonds is 6. The summed E-state index contributed by atoms with van der Waals surface area (Å²) in [6.45, 7) is 1.55. The summed E-state index contributed by atoms with van der Waals surface area (Å²) in [6, 6.07) is 5.47. The van der Waals surface area contributed by atoms with E-state index >= 15 is 0 Å². The fraction of sp³-hybridized carbons (Fsp3) is 0.588. The number of amides is 1. The van der Waals surface area contributed by atoms with Crippen molar-refractivity contribution in [2.24, 2.45) is 0 Å². The molecule has 2 rings (SSSR count). The molecule has 22 heavy (non-hydrogen) atoms. The smallest absolute Gasteiger partial charge is 0.257 e. The Kier molecular flexibility index (Phi) is 6.52. The lowest BCUT2D eigenvalue weighted by atomic mass is 9.97. The normalized spacial score (nSPS) is 18.3. The molecule has 1 aromatic rings. The number of ether oxygens (including phenoxy) is 2. The van der Waals surface area contributed by atoms with Crippen molar-refractivity contribution in [2.75, 3.05) is 27.4 Å². The molecule has 1 amide bonds. The van der Waals surface area contributed by atoms with E-state index in [1.165, 1.54) is 6.42 Å². The molecule has 0 aromatic heterocycles. The fourth-order valence-corrected chi connectivity index (χ4v) is 3.19. The topological polar surface area (TPSA) is 38.8 Å². The third-order valence-electron chi connectivity index (χ3n) is 4.17. The molecule has 0 N–H and O–H groups in total. The van der Waals surface area contributed by atoms with Crippen LogP contribution in [0.15, 0.2) is 18.2 Å². The Balaban J connectivity index is 2.14. The van der Waals surface area contributed by atoms with Crippen LogP contribution in [0.2, 0.25) is 5.02 Å². The van der Waals surface area contributed by atoms with Crippen LogP contribution in [0.4, 0.5) is 0 Å². The average molecular weight is 326 g/mol. The minimum atomic E-state index is 0.0376. The molecule has 1 fully saturated rings. The van der Waals surface area contributed by atoms with Crippen LogP contribution in [0.5, 0.6) is 5.75 Å². The fourth-order valence-electron chi connectivity index (χ4n) is 3.03. The third-order valence-corrected chi connectivity index (χ3v) is 4.40. The van der Waals surface area contributed by atoms with Crippen LogP contribution in [0.25, 0.3) is 0 Å². The first kappa shape index (κ1) is 17.1. The quantitative estimate of drug-likeness (QED) is 0.747. The van der Waals surface area contributed by atoms with Crippen molar-refractivity contribution < 1.29 is 14.3 Å². The van der Waals surface area contributed by atoms with Crippen LogP contribution in [-0.4, -0.2) is 44.2 Å². The minimum absolute atomic E-state index is 0.0376. The second-order valence-electron chi connectivity index (χ2n) is 5.63. The second-order valence-corrected chi connectivity index (χ2v) is 6.06. The molecule has 1 unspecified atom stereocenters. The number of carbonyl (C=O) groups is 1. The zero-order valence-electron chi connectivity index (χ0n) is 13.3. The average Bonchev–Trinajstić information content (AvgIpc) is 2.55. The highest BCUT2D eigenvalue weighted by Gasteiger charge is 2.28. The Bertz CT molecular complexity index is 507. The molecule has 0 saturated carbocycles. The second kappa shape index (κ2) is 8.39. The molecule has 1 heterocycles. The lowest BCUT2D eigenvalue weighted by Crippen LogP contribution is -2.44. The molecule has 1 aliphatic rings. The molecule has 4 nitrogen and oxygen atoms in total. The minimum Gasteiger partial charge on any atom is -0.496 e. The van der Waals surface area contributed by atoms with Crippen molar-refractivity contribution >= 4 is 17.5 Å². The van der Waals surface area contributed by atoms with E-state index in [2.05, 4.69) is 0 Å². The highest BCUT2D eigenvalue weighted by Crippen LogP contribution is 2.28. The lowest BCUT2D eigenvalue weighted by molar-refractivity contribution is 0.0582. The summed E-state index contributed by atoms with van der Waals surface area (Å²) >= 11 is 5.98. The molecule has 0 aliphatic carbocycles. The predicted molar refractivity (Wildman–Crippen MR) is 87.8 cm³/mol. The molecule has 1 atom stereocenters. The van der Waals surface area contributed by atoms with Crippen LogP contribution in [0.3, 0.4) is 0 Å². The number of carbonyl (C=O) groups excluding carboxylic acids is 1. The van der Waals surface area contributed by atoms with Gasteiger partial charge in [0.05, 0.1) is 12.7 Å². The molecule has 0 bridgehead atoms. The van der Waals surface area contributed by atoms with E-state index < -0.39 is 0 Å². The van der Waals surface area contributed by atoms with Crippen molar-refractivity contribution in [3.63, 3.8) is 0 Å². The molecule has 1 aromatic carbocycles. The van der Waals surface area contributed by atoms with Gasteiger partial charge in [0.25, 0.3) is 5.91 Å². The van der Waals surface area contributed by atoms with Gasteiger partial charge in [-0.05, 0) is 50.3 Å². The Morgan fingerprint density at radius 3 is 2.91 bits per heavy atom. The van der Waals surface area contributed by atoms with Gasteiger partial charge in [-0.2, -0.15) is 0 Å². The third kappa shape index (κ3) is 4.14. The van der Waals surface area contributed by atoms with Gasteiger partial charge in [-0.3, -0.25) is 4.79 Å². The first-order chi connectivity index (χ1) is 10.7. The summed E-state index contributed by atoms with van der Waals surface area (Å²) in [5.74, 6) is 0.578. The number of benzene rings is 1. The number of halogens is 1. The first-order valence-corrected chi connectivity index (χ1v) is 8.18. The van der Waals surface area contributed by atoms with Gasteiger partial charge in [0.15, 0.2) is 0 Å². The molecule has 0 spiro atoms. The van der Waals surface area contributed by atoms with E-state index in [4.69, 9.17) is 21.1 Å². The molecule has 1 saturated heterocycles. The van der Waals surface area contributed by atoms with E-state index in [0.29, 0.717) is 16.3 Å². The van der Waals surface area contributed by atoms with Gasteiger partial charge >= 0.3 is 0 Å². The maximum absolute atomic E-state index is 12.9. The van der Waals surface area contributed by atoms with Crippen LogP contribution >= 0.6 is 11.6 Å². The van der Waals surface area contributed by atoms with Crippen LogP contribution in [0, 0.1) is 0 Å². The SMILES string of the molecule is COCCCC1CCCCN1C(=O)c1ccc(Cl)cc1OC. The Morgan fingerprint density at radius 1 is 1.36 bits per heavy atom. The van der Waals surface area contributed by atoms with E-state index in [1.54, 1.807) is 32.4 Å². The zero-order valence-corrected chi connectivity index (χ0v) is 14.1. The Morgan fingerprint density at radius 2 is 2.18 bits per heavy atom. The van der Waals surface area contributed by atoms with Crippen molar-refractivity contribution in [1.82, 2.24) is 4.90 Å². The lowest BCUT2D eigenvalue weighted by Gasteiger charge is -2.36. The Labute approximate surface area is 137 Å². The monoisotopic (exact) mass is 325 g/mol. The summed E-state index contributed by atoms with van der Waals surface area (Å²) in [7, 11) is 3.27. The van der Waals surface area contributed by atoms with E-state index in [1.807, 2.05) is 4.90 Å².